The molecule has 146 valence electrons. The number of halogens is 3. The van der Waals surface area contributed by atoms with E-state index in [0.29, 0.717) is 17.4 Å². The van der Waals surface area contributed by atoms with Gasteiger partial charge in [0.15, 0.2) is 17.5 Å². The van der Waals surface area contributed by atoms with Crippen LogP contribution in [0.2, 0.25) is 0 Å². The van der Waals surface area contributed by atoms with Gasteiger partial charge < -0.3 is 4.74 Å². The summed E-state index contributed by atoms with van der Waals surface area (Å²) in [7, 11) is 0. The summed E-state index contributed by atoms with van der Waals surface area (Å²) in [5, 5.41) is 8.52. The number of hydrogen-bond acceptors (Lipinski definition) is 3. The molecule has 1 aromatic carbocycles. The van der Waals surface area contributed by atoms with Crippen LogP contribution < -0.4 is 0 Å². The van der Waals surface area contributed by atoms with Crippen LogP contribution in [0.15, 0.2) is 12.1 Å². The topological polar surface area (TPSA) is 50.1 Å². The highest BCUT2D eigenvalue weighted by Gasteiger charge is 2.32. The molecule has 0 unspecified atom stereocenters. The van der Waals surface area contributed by atoms with Gasteiger partial charge in [0.05, 0.1) is 6.07 Å². The van der Waals surface area contributed by atoms with Gasteiger partial charge in [0.1, 0.15) is 12.5 Å². The molecule has 0 atom stereocenters. The van der Waals surface area contributed by atoms with Crippen LogP contribution in [0.4, 0.5) is 13.2 Å². The predicted octanol–water partition coefficient (Wildman–Crippen LogP) is 5.39. The fraction of sp³-hybridized carbons (Fsp3) is 0.619. The van der Waals surface area contributed by atoms with Gasteiger partial charge >= 0.3 is 5.97 Å². The first-order valence-corrected chi connectivity index (χ1v) is 9.68. The highest BCUT2D eigenvalue weighted by molar-refractivity contribution is 5.71. The van der Waals surface area contributed by atoms with E-state index in [-0.39, 0.29) is 18.4 Å². The molecule has 27 heavy (non-hydrogen) atoms. The second kappa shape index (κ2) is 8.77. The lowest BCUT2D eigenvalue weighted by molar-refractivity contribution is -0.150. The van der Waals surface area contributed by atoms with Crippen LogP contribution >= 0.6 is 0 Å². The van der Waals surface area contributed by atoms with Crippen LogP contribution in [0.25, 0.3) is 0 Å². The summed E-state index contributed by atoms with van der Waals surface area (Å²) in [4.78, 5) is 11.4. The first kappa shape index (κ1) is 19.7. The van der Waals surface area contributed by atoms with Crippen molar-refractivity contribution >= 4 is 5.97 Å². The maximum atomic E-state index is 13.5. The summed E-state index contributed by atoms with van der Waals surface area (Å²) in [5.74, 6) is -2.84. The zero-order valence-electron chi connectivity index (χ0n) is 15.2. The summed E-state index contributed by atoms with van der Waals surface area (Å²) in [6.07, 6.45) is 7.08. The van der Waals surface area contributed by atoms with Gasteiger partial charge in [-0.2, -0.15) is 5.26 Å². The van der Waals surface area contributed by atoms with Crippen molar-refractivity contribution in [2.24, 2.45) is 11.8 Å². The Morgan fingerprint density at radius 1 is 0.963 bits per heavy atom. The number of carbonyl (C=O) groups excluding carboxylic acids is 1. The largest absolute Gasteiger partial charge is 0.462 e. The van der Waals surface area contributed by atoms with Crippen molar-refractivity contribution in [3.05, 3.63) is 35.1 Å². The molecule has 0 bridgehead atoms. The van der Waals surface area contributed by atoms with E-state index in [1.165, 1.54) is 0 Å². The molecule has 0 saturated heterocycles. The third-order valence-electron chi connectivity index (χ3n) is 6.16. The molecule has 0 aliphatic heterocycles. The van der Waals surface area contributed by atoms with Crippen molar-refractivity contribution in [3.8, 4) is 6.07 Å². The third kappa shape index (κ3) is 4.82. The van der Waals surface area contributed by atoms with Crippen molar-refractivity contribution in [3.63, 3.8) is 0 Å². The number of nitriles is 1. The van der Waals surface area contributed by atoms with E-state index in [1.54, 1.807) is 6.07 Å². The van der Waals surface area contributed by atoms with E-state index in [2.05, 4.69) is 0 Å². The van der Waals surface area contributed by atoms with Crippen molar-refractivity contribution in [1.29, 1.82) is 5.26 Å². The highest BCUT2D eigenvalue weighted by atomic mass is 19.2. The van der Waals surface area contributed by atoms with E-state index in [0.717, 1.165) is 63.5 Å². The Kier molecular flexibility index (Phi) is 6.41. The van der Waals surface area contributed by atoms with Crippen LogP contribution in [-0.2, 0) is 9.53 Å². The molecule has 2 saturated carbocycles. The highest BCUT2D eigenvalue weighted by Crippen LogP contribution is 2.43. The monoisotopic (exact) mass is 379 g/mol. The molecule has 0 N–H and O–H groups in total. The van der Waals surface area contributed by atoms with Gasteiger partial charge in [-0.25, -0.2) is 13.2 Å². The van der Waals surface area contributed by atoms with Gasteiger partial charge in [0.25, 0.3) is 0 Å². The summed E-state index contributed by atoms with van der Waals surface area (Å²) in [6, 6.07) is 4.06. The Labute approximate surface area is 157 Å². The maximum Gasteiger partial charge on any atom is 0.320 e. The van der Waals surface area contributed by atoms with Gasteiger partial charge in [-0.1, -0.05) is 0 Å². The van der Waals surface area contributed by atoms with Gasteiger partial charge in [-0.05, 0) is 86.8 Å². The van der Waals surface area contributed by atoms with Gasteiger partial charge in [0.2, 0.25) is 0 Å². The van der Waals surface area contributed by atoms with Crippen LogP contribution in [-0.4, -0.2) is 12.1 Å². The quantitative estimate of drug-likeness (QED) is 0.520. The van der Waals surface area contributed by atoms with E-state index in [4.69, 9.17) is 10.00 Å². The van der Waals surface area contributed by atoms with Crippen LogP contribution in [0.3, 0.4) is 0 Å². The SMILES string of the molecule is N#CCC(=O)OC1CCC(C2CCC(c3cc(F)c(F)c(F)c3)CC2)CC1. The summed E-state index contributed by atoms with van der Waals surface area (Å²) in [6.45, 7) is 0. The molecular weight excluding hydrogens is 355 g/mol. The molecular formula is C21H24F3NO2. The number of carbonyl (C=O) groups is 1. The number of rotatable bonds is 4. The minimum absolute atomic E-state index is 0.0779. The van der Waals surface area contributed by atoms with Crippen molar-refractivity contribution in [1.82, 2.24) is 0 Å². The number of benzene rings is 1. The molecule has 0 spiro atoms. The molecule has 1 aromatic rings. The first-order valence-electron chi connectivity index (χ1n) is 9.68. The summed E-state index contributed by atoms with van der Waals surface area (Å²) < 4.78 is 45.4. The number of nitrogens with zero attached hydrogens (tertiary/aromatic N) is 1. The van der Waals surface area contributed by atoms with Gasteiger partial charge in [0, 0.05) is 0 Å². The lowest BCUT2D eigenvalue weighted by atomic mass is 9.69. The van der Waals surface area contributed by atoms with Crippen LogP contribution in [0, 0.1) is 40.6 Å². The lowest BCUT2D eigenvalue weighted by Gasteiger charge is -2.37. The molecule has 2 aliphatic rings. The Hall–Kier alpha value is -2.03. The van der Waals surface area contributed by atoms with Crippen LogP contribution in [0.5, 0.6) is 0 Å². The Bertz CT molecular complexity index is 692. The second-order valence-electron chi connectivity index (χ2n) is 7.77. The number of esters is 1. The average molecular weight is 379 g/mol. The van der Waals surface area contributed by atoms with E-state index >= 15 is 0 Å². The minimum Gasteiger partial charge on any atom is -0.462 e. The molecule has 0 heterocycles. The molecule has 3 rings (SSSR count). The van der Waals surface area contributed by atoms with E-state index < -0.39 is 23.4 Å². The van der Waals surface area contributed by atoms with Crippen molar-refractivity contribution in [2.75, 3.05) is 0 Å². The normalized spacial score (nSPS) is 28.4. The third-order valence-corrected chi connectivity index (χ3v) is 6.16. The molecule has 2 aliphatic carbocycles. The summed E-state index contributed by atoms with van der Waals surface area (Å²) in [5.41, 5.74) is 0.554. The molecule has 6 heteroatoms. The Morgan fingerprint density at radius 3 is 2.00 bits per heavy atom. The average Bonchev–Trinajstić information content (AvgIpc) is 2.67. The predicted molar refractivity (Wildman–Crippen MR) is 93.1 cm³/mol. The fourth-order valence-corrected chi connectivity index (χ4v) is 4.70. The molecule has 0 amide bonds. The van der Waals surface area contributed by atoms with Gasteiger partial charge in [-0.15, -0.1) is 0 Å². The lowest BCUT2D eigenvalue weighted by Crippen LogP contribution is -2.29. The Morgan fingerprint density at radius 2 is 1.48 bits per heavy atom. The van der Waals surface area contributed by atoms with E-state index in [1.807, 2.05) is 0 Å². The maximum absolute atomic E-state index is 13.5. The number of ether oxygens (including phenoxy) is 1. The molecule has 3 nitrogen and oxygen atoms in total. The number of hydrogen-bond donors (Lipinski definition) is 0. The second-order valence-corrected chi connectivity index (χ2v) is 7.77. The zero-order valence-corrected chi connectivity index (χ0v) is 15.2. The molecule has 0 aromatic heterocycles. The summed E-state index contributed by atoms with van der Waals surface area (Å²) >= 11 is 0. The van der Waals surface area contributed by atoms with E-state index in [9.17, 15) is 18.0 Å². The molecule has 0 radical (unpaired) electrons. The standard InChI is InChI=1S/C21H24F3NO2/c22-18-11-16(12-19(23)21(18)24)15-3-1-13(2-4-15)14-5-7-17(8-6-14)27-20(26)9-10-25/h11-15,17H,1-9H2. The first-order chi connectivity index (χ1) is 13.0. The minimum atomic E-state index is -1.40. The smallest absolute Gasteiger partial charge is 0.320 e. The van der Waals surface area contributed by atoms with Crippen molar-refractivity contribution < 1.29 is 22.7 Å². The Balaban J connectivity index is 1.48. The fourth-order valence-electron chi connectivity index (χ4n) is 4.70. The van der Waals surface area contributed by atoms with Crippen LogP contribution in [0.1, 0.15) is 69.3 Å². The molecule has 2 fully saturated rings. The van der Waals surface area contributed by atoms with Gasteiger partial charge in [-0.3, -0.25) is 4.79 Å². The van der Waals surface area contributed by atoms with Crippen molar-refractivity contribution in [2.45, 2.75) is 69.8 Å². The zero-order chi connectivity index (χ0) is 19.4.